The lowest BCUT2D eigenvalue weighted by Crippen LogP contribution is -2.54. The van der Waals surface area contributed by atoms with Crippen molar-refractivity contribution < 1.29 is 19.5 Å². The molecule has 0 radical (unpaired) electrons. The quantitative estimate of drug-likeness (QED) is 0.350. The van der Waals surface area contributed by atoms with E-state index >= 15 is 0 Å². The molecule has 0 unspecified atom stereocenters. The average molecular weight is 376 g/mol. The summed E-state index contributed by atoms with van der Waals surface area (Å²) in [5, 5.41) is 11.9. The average Bonchev–Trinajstić information content (AvgIpc) is 3.17. The van der Waals surface area contributed by atoms with Gasteiger partial charge >= 0.3 is 5.97 Å². The van der Waals surface area contributed by atoms with E-state index in [2.05, 4.69) is 5.32 Å². The van der Waals surface area contributed by atoms with Crippen LogP contribution >= 0.6 is 0 Å². The number of rotatable bonds is 9. The van der Waals surface area contributed by atoms with Crippen LogP contribution in [0.15, 0.2) is 24.3 Å². The zero-order valence-corrected chi connectivity index (χ0v) is 16.6. The van der Waals surface area contributed by atoms with Crippen molar-refractivity contribution in [2.75, 3.05) is 0 Å². The summed E-state index contributed by atoms with van der Waals surface area (Å²) >= 11 is 0. The maximum absolute atomic E-state index is 12.8. The fourth-order valence-electron chi connectivity index (χ4n) is 3.22. The summed E-state index contributed by atoms with van der Waals surface area (Å²) < 4.78 is 5.75. The number of nitrogens with one attached hydrogen (secondary N) is 2. The van der Waals surface area contributed by atoms with E-state index in [1.54, 1.807) is 5.48 Å². The minimum atomic E-state index is -0.736. The second kappa shape index (κ2) is 9.85. The van der Waals surface area contributed by atoms with Crippen molar-refractivity contribution in [2.45, 2.75) is 77.5 Å². The van der Waals surface area contributed by atoms with Gasteiger partial charge in [-0.25, -0.2) is 5.48 Å². The lowest BCUT2D eigenvalue weighted by atomic mass is 9.88. The summed E-state index contributed by atoms with van der Waals surface area (Å²) in [6, 6.07) is 7.90. The number of esters is 1. The minimum absolute atomic E-state index is 0.0628. The van der Waals surface area contributed by atoms with Gasteiger partial charge in [0.1, 0.15) is 11.6 Å². The normalized spacial score (nSPS) is 16.9. The Bertz CT molecular complexity index is 624. The topological polar surface area (TPSA) is 87.7 Å². The van der Waals surface area contributed by atoms with E-state index < -0.39 is 11.4 Å². The van der Waals surface area contributed by atoms with Crippen LogP contribution in [0.4, 0.5) is 0 Å². The van der Waals surface area contributed by atoms with Gasteiger partial charge in [0, 0.05) is 13.0 Å². The van der Waals surface area contributed by atoms with Crippen molar-refractivity contribution in [3.63, 3.8) is 0 Å². The third-order valence-corrected chi connectivity index (χ3v) is 5.60. The Hall–Kier alpha value is -1.92. The maximum Gasteiger partial charge on any atom is 0.326 e. The molecule has 1 amide bonds. The van der Waals surface area contributed by atoms with E-state index in [0.29, 0.717) is 13.0 Å². The van der Waals surface area contributed by atoms with Crippen molar-refractivity contribution in [3.8, 4) is 0 Å². The molecule has 6 nitrogen and oxygen atoms in total. The molecule has 1 aromatic carbocycles. The molecule has 1 aliphatic carbocycles. The third kappa shape index (κ3) is 6.04. The van der Waals surface area contributed by atoms with Gasteiger partial charge in [-0.1, -0.05) is 38.1 Å². The summed E-state index contributed by atoms with van der Waals surface area (Å²) in [7, 11) is 0. The van der Waals surface area contributed by atoms with Gasteiger partial charge in [0.15, 0.2) is 0 Å². The number of hydroxylamine groups is 1. The van der Waals surface area contributed by atoms with Crippen LogP contribution in [0.25, 0.3) is 0 Å². The molecule has 1 aliphatic rings. The molecular weight excluding hydrogens is 344 g/mol. The minimum Gasteiger partial charge on any atom is -0.461 e. The smallest absolute Gasteiger partial charge is 0.326 e. The van der Waals surface area contributed by atoms with Crippen LogP contribution in [-0.4, -0.2) is 28.7 Å². The van der Waals surface area contributed by atoms with E-state index in [4.69, 9.17) is 9.94 Å². The SMILES string of the molecule is CC(C)[C@](C)(NCc1ccc(CCC(=O)NO)cc1)C(=O)OC1CCCC1. The van der Waals surface area contributed by atoms with Crippen molar-refractivity contribution in [1.29, 1.82) is 0 Å². The molecule has 0 spiro atoms. The van der Waals surface area contributed by atoms with Gasteiger partial charge in [0.25, 0.3) is 0 Å². The molecular formula is C21H32N2O4. The van der Waals surface area contributed by atoms with Crippen LogP contribution < -0.4 is 10.8 Å². The van der Waals surface area contributed by atoms with Gasteiger partial charge in [-0.05, 0) is 56.1 Å². The first-order valence-electron chi connectivity index (χ1n) is 9.82. The van der Waals surface area contributed by atoms with Gasteiger partial charge in [-0.2, -0.15) is 0 Å². The molecule has 1 atom stereocenters. The Morgan fingerprint density at radius 3 is 2.33 bits per heavy atom. The molecule has 0 bridgehead atoms. The van der Waals surface area contributed by atoms with E-state index in [1.807, 2.05) is 45.0 Å². The fourth-order valence-corrected chi connectivity index (χ4v) is 3.22. The first kappa shape index (κ1) is 21.4. The molecule has 1 fully saturated rings. The first-order valence-corrected chi connectivity index (χ1v) is 9.82. The van der Waals surface area contributed by atoms with Gasteiger partial charge < -0.3 is 4.74 Å². The Morgan fingerprint density at radius 2 is 1.78 bits per heavy atom. The molecule has 0 aliphatic heterocycles. The molecule has 1 saturated carbocycles. The van der Waals surface area contributed by atoms with Crippen LogP contribution in [-0.2, 0) is 27.3 Å². The van der Waals surface area contributed by atoms with Crippen LogP contribution in [0.2, 0.25) is 0 Å². The zero-order valence-electron chi connectivity index (χ0n) is 16.6. The van der Waals surface area contributed by atoms with Crippen molar-refractivity contribution in [1.82, 2.24) is 10.8 Å². The predicted molar refractivity (Wildman–Crippen MR) is 103 cm³/mol. The van der Waals surface area contributed by atoms with Crippen molar-refractivity contribution >= 4 is 11.9 Å². The van der Waals surface area contributed by atoms with Crippen LogP contribution in [0, 0.1) is 5.92 Å². The summed E-state index contributed by atoms with van der Waals surface area (Å²) in [5.41, 5.74) is 2.99. The summed E-state index contributed by atoms with van der Waals surface area (Å²) in [6.07, 6.45) is 5.08. The molecule has 150 valence electrons. The molecule has 0 saturated heterocycles. The number of hydrogen-bond acceptors (Lipinski definition) is 5. The van der Waals surface area contributed by atoms with Crippen molar-refractivity contribution in [3.05, 3.63) is 35.4 Å². The standard InChI is InChI=1S/C21H32N2O4/c1-15(2)21(3,20(25)27-18-6-4-5-7-18)22-14-17-10-8-16(9-11-17)12-13-19(24)23-26/h8-11,15,18,22,26H,4-7,12-14H2,1-3H3,(H,23,24)/t21-/m0/s1. The number of amides is 1. The van der Waals surface area contributed by atoms with E-state index in [-0.39, 0.29) is 24.4 Å². The third-order valence-electron chi connectivity index (χ3n) is 5.60. The fraction of sp³-hybridized carbons (Fsp3) is 0.619. The second-order valence-corrected chi connectivity index (χ2v) is 7.87. The highest BCUT2D eigenvalue weighted by molar-refractivity contribution is 5.81. The lowest BCUT2D eigenvalue weighted by Gasteiger charge is -2.33. The number of carbonyl (C=O) groups is 2. The van der Waals surface area contributed by atoms with E-state index in [9.17, 15) is 9.59 Å². The number of ether oxygens (including phenoxy) is 1. The second-order valence-electron chi connectivity index (χ2n) is 7.87. The number of carbonyl (C=O) groups excluding carboxylic acids is 2. The molecule has 0 heterocycles. The van der Waals surface area contributed by atoms with Crippen LogP contribution in [0.3, 0.4) is 0 Å². The molecule has 3 N–H and O–H groups in total. The zero-order chi connectivity index (χ0) is 19.9. The highest BCUT2D eigenvalue weighted by atomic mass is 16.5. The molecule has 6 heteroatoms. The molecule has 27 heavy (non-hydrogen) atoms. The van der Waals surface area contributed by atoms with Gasteiger partial charge in [-0.3, -0.25) is 20.1 Å². The van der Waals surface area contributed by atoms with Gasteiger partial charge in [0.05, 0.1) is 0 Å². The monoisotopic (exact) mass is 376 g/mol. The molecule has 2 rings (SSSR count). The Labute approximate surface area is 161 Å². The van der Waals surface area contributed by atoms with Crippen molar-refractivity contribution in [2.24, 2.45) is 5.92 Å². The highest BCUT2D eigenvalue weighted by Gasteiger charge is 2.39. The van der Waals surface area contributed by atoms with Crippen LogP contribution in [0.1, 0.15) is 64.0 Å². The van der Waals surface area contributed by atoms with E-state index in [1.165, 1.54) is 0 Å². The van der Waals surface area contributed by atoms with Gasteiger partial charge in [-0.15, -0.1) is 0 Å². The maximum atomic E-state index is 12.8. The number of hydrogen-bond donors (Lipinski definition) is 3. The van der Waals surface area contributed by atoms with E-state index in [0.717, 1.165) is 36.8 Å². The summed E-state index contributed by atoms with van der Waals surface area (Å²) in [5.74, 6) is -0.465. The predicted octanol–water partition coefficient (Wildman–Crippen LogP) is 3.11. The largest absolute Gasteiger partial charge is 0.461 e. The lowest BCUT2D eigenvalue weighted by molar-refractivity contribution is -0.158. The summed E-state index contributed by atoms with van der Waals surface area (Å²) in [6.45, 7) is 6.53. The highest BCUT2D eigenvalue weighted by Crippen LogP contribution is 2.26. The Balaban J connectivity index is 1.92. The number of aryl methyl sites for hydroxylation is 1. The van der Waals surface area contributed by atoms with Gasteiger partial charge in [0.2, 0.25) is 5.91 Å². The Morgan fingerprint density at radius 1 is 1.19 bits per heavy atom. The summed E-state index contributed by atoms with van der Waals surface area (Å²) in [4.78, 5) is 23.9. The number of benzene rings is 1. The molecule has 1 aromatic rings. The molecule has 0 aromatic heterocycles. The first-order chi connectivity index (χ1) is 12.8. The van der Waals surface area contributed by atoms with Crippen LogP contribution in [0.5, 0.6) is 0 Å². The Kier molecular flexibility index (Phi) is 7.80.